The topological polar surface area (TPSA) is 88.5 Å². The first-order valence-electron chi connectivity index (χ1n) is 14.8. The Labute approximate surface area is 244 Å². The second kappa shape index (κ2) is 15.5. The van der Waals surface area contributed by atoms with Crippen molar-refractivity contribution in [3.63, 3.8) is 0 Å². The average Bonchev–Trinajstić information content (AvgIpc) is 3.23. The molecule has 1 unspecified atom stereocenters. The van der Waals surface area contributed by atoms with Crippen molar-refractivity contribution in [3.8, 4) is 17.2 Å². The van der Waals surface area contributed by atoms with Crippen LogP contribution in [0.5, 0.6) is 17.2 Å². The van der Waals surface area contributed by atoms with Gasteiger partial charge in [0.05, 0.1) is 31.9 Å². The molecule has 1 aliphatic heterocycles. The van der Waals surface area contributed by atoms with E-state index in [0.717, 1.165) is 32.5 Å². The summed E-state index contributed by atoms with van der Waals surface area (Å²) in [5.74, 6) is 0.764. The van der Waals surface area contributed by atoms with Crippen LogP contribution in [0, 0.1) is 5.92 Å². The number of hydrogen-bond donors (Lipinski definition) is 1. The maximum atomic E-state index is 13.5. The van der Waals surface area contributed by atoms with Crippen LogP contribution >= 0.6 is 0 Å². The van der Waals surface area contributed by atoms with Crippen molar-refractivity contribution >= 4 is 17.4 Å². The molecular weight excluding hydrogens is 520 g/mol. The van der Waals surface area contributed by atoms with Crippen molar-refractivity contribution in [1.82, 2.24) is 9.80 Å². The molecule has 0 aromatic heterocycles. The molecule has 1 heterocycles. The van der Waals surface area contributed by atoms with E-state index in [1.807, 2.05) is 19.1 Å². The molecule has 224 valence electrons. The summed E-state index contributed by atoms with van der Waals surface area (Å²) in [6.45, 7) is 14.6. The molecule has 1 N–H and O–H groups in total. The van der Waals surface area contributed by atoms with Gasteiger partial charge in [0.2, 0.25) is 0 Å². The van der Waals surface area contributed by atoms with Crippen molar-refractivity contribution < 1.29 is 28.9 Å². The van der Waals surface area contributed by atoms with Gasteiger partial charge in [-0.25, -0.2) is 0 Å². The molecule has 0 bridgehead atoms. The van der Waals surface area contributed by atoms with Crippen LogP contribution in [0.3, 0.4) is 0 Å². The number of ether oxygens (including phenoxy) is 3. The van der Waals surface area contributed by atoms with E-state index in [1.165, 1.54) is 0 Å². The molecule has 1 atom stereocenters. The maximum Gasteiger partial charge on any atom is 0.295 e. The zero-order valence-corrected chi connectivity index (χ0v) is 25.4. The fourth-order valence-corrected chi connectivity index (χ4v) is 4.92. The van der Waals surface area contributed by atoms with Gasteiger partial charge in [-0.2, -0.15) is 0 Å². The van der Waals surface area contributed by atoms with E-state index in [9.17, 15) is 14.7 Å². The van der Waals surface area contributed by atoms with Crippen molar-refractivity contribution in [2.45, 2.75) is 59.9 Å². The minimum Gasteiger partial charge on any atom is -0.507 e. The number of likely N-dealkylation sites (tertiary alicyclic amines) is 1. The first-order valence-corrected chi connectivity index (χ1v) is 14.8. The smallest absolute Gasteiger partial charge is 0.295 e. The number of nitrogens with zero attached hydrogens (tertiary/aromatic N) is 2. The average molecular weight is 567 g/mol. The van der Waals surface area contributed by atoms with E-state index < -0.39 is 17.7 Å². The molecular formula is C33H46N2O6. The predicted octanol–water partition coefficient (Wildman–Crippen LogP) is 6.06. The predicted molar refractivity (Wildman–Crippen MR) is 162 cm³/mol. The van der Waals surface area contributed by atoms with Crippen molar-refractivity contribution in [2.75, 3.05) is 46.5 Å². The molecule has 3 rings (SSSR count). The molecule has 8 nitrogen and oxygen atoms in total. The number of aliphatic hydroxyl groups is 1. The lowest BCUT2D eigenvalue weighted by Crippen LogP contribution is -2.33. The SMILES string of the molecule is CCCOc1ccc(/C(O)=C2/C(=O)C(=O)N(CCCN(CC)CC)C2c2ccc(OCCC(C)C)c(OC)c2)cc1. The molecule has 1 saturated heterocycles. The highest BCUT2D eigenvalue weighted by molar-refractivity contribution is 6.46. The first-order chi connectivity index (χ1) is 19.7. The number of hydrogen-bond acceptors (Lipinski definition) is 7. The summed E-state index contributed by atoms with van der Waals surface area (Å²) in [4.78, 5) is 30.7. The summed E-state index contributed by atoms with van der Waals surface area (Å²) >= 11 is 0. The summed E-state index contributed by atoms with van der Waals surface area (Å²) in [5.41, 5.74) is 1.18. The van der Waals surface area contributed by atoms with Crippen molar-refractivity contribution in [3.05, 3.63) is 59.2 Å². The van der Waals surface area contributed by atoms with Crippen LogP contribution < -0.4 is 14.2 Å². The van der Waals surface area contributed by atoms with E-state index in [0.29, 0.717) is 60.5 Å². The lowest BCUT2D eigenvalue weighted by atomic mass is 9.95. The molecule has 41 heavy (non-hydrogen) atoms. The third-order valence-electron chi connectivity index (χ3n) is 7.36. The monoisotopic (exact) mass is 566 g/mol. The van der Waals surface area contributed by atoms with Crippen molar-refractivity contribution in [1.29, 1.82) is 0 Å². The molecule has 1 fully saturated rings. The molecule has 1 amide bonds. The Hall–Kier alpha value is -3.52. The molecule has 2 aromatic rings. The minimum absolute atomic E-state index is 0.0654. The summed E-state index contributed by atoms with van der Waals surface area (Å²) in [5, 5.41) is 11.4. The summed E-state index contributed by atoms with van der Waals surface area (Å²) in [6, 6.07) is 11.6. The van der Waals surface area contributed by atoms with Crippen LogP contribution in [0.15, 0.2) is 48.0 Å². The Bertz CT molecular complexity index is 1190. The van der Waals surface area contributed by atoms with E-state index in [4.69, 9.17) is 14.2 Å². The number of benzene rings is 2. The van der Waals surface area contributed by atoms with Crippen LogP contribution in [-0.2, 0) is 9.59 Å². The van der Waals surface area contributed by atoms with Gasteiger partial charge in [-0.3, -0.25) is 9.59 Å². The van der Waals surface area contributed by atoms with Gasteiger partial charge < -0.3 is 29.1 Å². The van der Waals surface area contributed by atoms with Gasteiger partial charge in [0.1, 0.15) is 11.5 Å². The summed E-state index contributed by atoms with van der Waals surface area (Å²) in [6.07, 6.45) is 2.48. The standard InChI is InChI=1S/C33H46N2O6/c1-7-20-40-26-14-11-24(12-15-26)31(36)29-30(35(33(38)32(29)37)19-10-18-34(8-2)9-3)25-13-16-27(28(22-25)39-6)41-21-17-23(4)5/h11-16,22-23,30,36H,7-10,17-21H2,1-6H3/b31-29-. The second-order valence-electron chi connectivity index (χ2n) is 10.7. The van der Waals surface area contributed by atoms with Gasteiger partial charge in [-0.15, -0.1) is 0 Å². The van der Waals surface area contributed by atoms with Gasteiger partial charge in [-0.05, 0) is 86.8 Å². The highest BCUT2D eigenvalue weighted by Crippen LogP contribution is 2.42. The minimum atomic E-state index is -0.763. The zero-order valence-electron chi connectivity index (χ0n) is 25.4. The highest BCUT2D eigenvalue weighted by atomic mass is 16.5. The van der Waals surface area contributed by atoms with Crippen LogP contribution in [0.1, 0.15) is 71.0 Å². The van der Waals surface area contributed by atoms with Crippen LogP contribution in [0.4, 0.5) is 0 Å². The molecule has 0 radical (unpaired) electrons. The van der Waals surface area contributed by atoms with Gasteiger partial charge >= 0.3 is 0 Å². The van der Waals surface area contributed by atoms with E-state index in [1.54, 1.807) is 42.3 Å². The van der Waals surface area contributed by atoms with Gasteiger partial charge in [-0.1, -0.05) is 40.7 Å². The third-order valence-corrected chi connectivity index (χ3v) is 7.36. The van der Waals surface area contributed by atoms with E-state index >= 15 is 0 Å². The number of rotatable bonds is 16. The normalized spacial score (nSPS) is 16.6. The quantitative estimate of drug-likeness (QED) is 0.150. The van der Waals surface area contributed by atoms with Crippen LogP contribution in [0.2, 0.25) is 0 Å². The largest absolute Gasteiger partial charge is 0.507 e. The number of carbonyl (C=O) groups is 2. The molecule has 8 heteroatoms. The Kier molecular flexibility index (Phi) is 12.1. The highest BCUT2D eigenvalue weighted by Gasteiger charge is 2.46. The Balaban J connectivity index is 2.02. The molecule has 1 aliphatic rings. The molecule has 2 aromatic carbocycles. The Morgan fingerprint density at radius 2 is 1.68 bits per heavy atom. The van der Waals surface area contributed by atoms with Crippen LogP contribution in [-0.4, -0.2) is 73.1 Å². The number of methoxy groups -OCH3 is 1. The Morgan fingerprint density at radius 1 is 0.976 bits per heavy atom. The Morgan fingerprint density at radius 3 is 2.29 bits per heavy atom. The lowest BCUT2D eigenvalue weighted by molar-refractivity contribution is -0.140. The maximum absolute atomic E-state index is 13.5. The molecule has 0 aliphatic carbocycles. The number of ketones is 1. The fraction of sp³-hybridized carbons (Fsp3) is 0.515. The van der Waals surface area contributed by atoms with E-state index in [-0.39, 0.29) is 11.3 Å². The number of aliphatic hydroxyl groups excluding tert-OH is 1. The second-order valence-corrected chi connectivity index (χ2v) is 10.7. The first kappa shape index (κ1) is 32.0. The molecule has 0 spiro atoms. The van der Waals surface area contributed by atoms with E-state index in [2.05, 4.69) is 32.6 Å². The number of carbonyl (C=O) groups excluding carboxylic acids is 2. The van der Waals surface area contributed by atoms with Gasteiger partial charge in [0.25, 0.3) is 11.7 Å². The third kappa shape index (κ3) is 8.03. The number of Topliss-reactive ketones (excluding diaryl/α,β-unsaturated/α-hetero) is 1. The van der Waals surface area contributed by atoms with Crippen molar-refractivity contribution in [2.24, 2.45) is 5.92 Å². The fourth-order valence-electron chi connectivity index (χ4n) is 4.92. The summed E-state index contributed by atoms with van der Waals surface area (Å²) in [7, 11) is 1.57. The number of amides is 1. The van der Waals surface area contributed by atoms with Gasteiger partial charge in [0, 0.05) is 12.1 Å². The van der Waals surface area contributed by atoms with Gasteiger partial charge in [0.15, 0.2) is 11.5 Å². The zero-order chi connectivity index (χ0) is 29.9. The summed E-state index contributed by atoms with van der Waals surface area (Å²) < 4.78 is 17.3. The molecule has 0 saturated carbocycles. The van der Waals surface area contributed by atoms with Crippen LogP contribution in [0.25, 0.3) is 5.76 Å². The lowest BCUT2D eigenvalue weighted by Gasteiger charge is -2.27.